The van der Waals surface area contributed by atoms with E-state index >= 15 is 0 Å². The largest absolute Gasteiger partial charge is 0.467 e. The van der Waals surface area contributed by atoms with E-state index in [4.69, 9.17) is 14.2 Å². The molecule has 0 N–H and O–H groups in total. The van der Waals surface area contributed by atoms with Crippen molar-refractivity contribution in [1.29, 1.82) is 0 Å². The molecule has 0 aromatic rings. The van der Waals surface area contributed by atoms with E-state index in [0.717, 1.165) is 28.6 Å². The Kier molecular flexibility index (Phi) is 9.12. The first-order chi connectivity index (χ1) is 11.7. The summed E-state index contributed by atoms with van der Waals surface area (Å²) >= 11 is 2.34. The summed E-state index contributed by atoms with van der Waals surface area (Å²) in [4.78, 5) is 37.6. The molecule has 1 aliphatic rings. The number of esters is 1. The fourth-order valence-corrected chi connectivity index (χ4v) is 3.04. The highest BCUT2D eigenvalue weighted by Crippen LogP contribution is 2.25. The number of carbonyl (C=O) groups excluding carboxylic acids is 3. The molecule has 1 rings (SSSR count). The van der Waals surface area contributed by atoms with Gasteiger partial charge in [-0.25, -0.2) is 14.5 Å². The number of amides is 2. The number of ether oxygens (including phenoxy) is 3. The van der Waals surface area contributed by atoms with Crippen molar-refractivity contribution in [1.82, 2.24) is 4.90 Å². The molecular formula is C17H28INO6. The molecular weight excluding hydrogens is 441 g/mol. The number of imide groups is 1. The summed E-state index contributed by atoms with van der Waals surface area (Å²) in [5.41, 5.74) is -0.768. The summed E-state index contributed by atoms with van der Waals surface area (Å²) in [7, 11) is 1.22. The lowest BCUT2D eigenvalue weighted by Crippen LogP contribution is -2.46. The zero-order valence-electron chi connectivity index (χ0n) is 15.4. The third kappa shape index (κ3) is 7.08. The Morgan fingerprint density at radius 3 is 2.40 bits per heavy atom. The Labute approximate surface area is 162 Å². The van der Waals surface area contributed by atoms with Gasteiger partial charge in [0.1, 0.15) is 17.7 Å². The predicted molar refractivity (Wildman–Crippen MR) is 101 cm³/mol. The van der Waals surface area contributed by atoms with Gasteiger partial charge in [-0.3, -0.25) is 4.79 Å². The van der Waals surface area contributed by atoms with Crippen molar-refractivity contribution in [2.75, 3.05) is 18.1 Å². The SMILES string of the molecule is COC(=O)C1CC(OCCCCCCI)C(=O)N1C(=O)OC(C)(C)C. The molecule has 0 saturated carbocycles. The molecule has 2 amide bonds. The smallest absolute Gasteiger partial charge is 0.417 e. The first kappa shape index (κ1) is 22.1. The van der Waals surface area contributed by atoms with Gasteiger partial charge in [-0.1, -0.05) is 35.4 Å². The van der Waals surface area contributed by atoms with Crippen LogP contribution in [0.2, 0.25) is 0 Å². The number of methoxy groups -OCH3 is 1. The van der Waals surface area contributed by atoms with Gasteiger partial charge in [0.15, 0.2) is 0 Å². The average Bonchev–Trinajstić information content (AvgIpc) is 2.85. The van der Waals surface area contributed by atoms with Crippen molar-refractivity contribution in [3.05, 3.63) is 0 Å². The molecule has 1 saturated heterocycles. The van der Waals surface area contributed by atoms with Crippen LogP contribution in [0, 0.1) is 0 Å². The minimum Gasteiger partial charge on any atom is -0.467 e. The molecule has 7 nitrogen and oxygen atoms in total. The van der Waals surface area contributed by atoms with E-state index in [1.807, 2.05) is 0 Å². The van der Waals surface area contributed by atoms with Crippen LogP contribution in [0.1, 0.15) is 52.9 Å². The van der Waals surface area contributed by atoms with Crippen LogP contribution in [0.5, 0.6) is 0 Å². The molecule has 1 heterocycles. The van der Waals surface area contributed by atoms with E-state index in [0.29, 0.717) is 6.61 Å². The Hall–Kier alpha value is -0.900. The molecule has 2 unspecified atom stereocenters. The number of carbonyl (C=O) groups is 3. The van der Waals surface area contributed by atoms with Crippen LogP contribution in [-0.2, 0) is 23.8 Å². The minimum absolute atomic E-state index is 0.0957. The summed E-state index contributed by atoms with van der Waals surface area (Å²) in [6.45, 7) is 5.51. The van der Waals surface area contributed by atoms with Gasteiger partial charge in [-0.2, -0.15) is 0 Å². The van der Waals surface area contributed by atoms with Crippen LogP contribution < -0.4 is 0 Å². The highest BCUT2D eigenvalue weighted by Gasteiger charge is 2.49. The molecule has 8 heteroatoms. The lowest BCUT2D eigenvalue weighted by Gasteiger charge is -2.26. The number of nitrogens with zero attached hydrogens (tertiary/aromatic N) is 1. The van der Waals surface area contributed by atoms with Crippen LogP contribution >= 0.6 is 22.6 Å². The number of halogens is 1. The van der Waals surface area contributed by atoms with Gasteiger partial charge in [0, 0.05) is 13.0 Å². The summed E-state index contributed by atoms with van der Waals surface area (Å²) in [6, 6.07) is -1.00. The highest BCUT2D eigenvalue weighted by atomic mass is 127. The second-order valence-corrected chi connectivity index (χ2v) is 8.00. The predicted octanol–water partition coefficient (Wildman–Crippen LogP) is 3.08. The standard InChI is InChI=1S/C17H28INO6/c1-17(2,3)25-16(22)19-12(15(21)23-4)11-13(14(19)20)24-10-8-6-5-7-9-18/h12-13H,5-11H2,1-4H3. The molecule has 25 heavy (non-hydrogen) atoms. The van der Waals surface area contributed by atoms with Gasteiger partial charge in [0.25, 0.3) is 5.91 Å². The van der Waals surface area contributed by atoms with Crippen LogP contribution in [0.25, 0.3) is 0 Å². The van der Waals surface area contributed by atoms with E-state index < -0.39 is 35.7 Å². The third-order valence-electron chi connectivity index (χ3n) is 3.67. The maximum Gasteiger partial charge on any atom is 0.417 e. The van der Waals surface area contributed by atoms with E-state index in [1.165, 1.54) is 13.5 Å². The van der Waals surface area contributed by atoms with Crippen LogP contribution in [0.3, 0.4) is 0 Å². The highest BCUT2D eigenvalue weighted by molar-refractivity contribution is 14.1. The number of likely N-dealkylation sites (tertiary alicyclic amines) is 1. The maximum atomic E-state index is 12.5. The van der Waals surface area contributed by atoms with Crippen molar-refractivity contribution in [3.63, 3.8) is 0 Å². The van der Waals surface area contributed by atoms with Crippen LogP contribution in [0.15, 0.2) is 0 Å². The van der Waals surface area contributed by atoms with Crippen LogP contribution in [0.4, 0.5) is 4.79 Å². The van der Waals surface area contributed by atoms with Gasteiger partial charge >= 0.3 is 12.1 Å². The summed E-state index contributed by atoms with van der Waals surface area (Å²) in [5.74, 6) is -1.19. The number of alkyl halides is 1. The molecule has 2 atom stereocenters. The molecule has 0 radical (unpaired) electrons. The molecule has 1 fully saturated rings. The van der Waals surface area contributed by atoms with Gasteiger partial charge in [0.2, 0.25) is 0 Å². The van der Waals surface area contributed by atoms with E-state index in [9.17, 15) is 14.4 Å². The molecule has 0 aromatic carbocycles. The minimum atomic E-state index is -1.00. The normalized spacial score (nSPS) is 20.7. The quantitative estimate of drug-likeness (QED) is 0.235. The van der Waals surface area contributed by atoms with Crippen molar-refractivity contribution < 1.29 is 28.6 Å². The first-order valence-corrected chi connectivity index (χ1v) is 10.0. The van der Waals surface area contributed by atoms with Crippen molar-refractivity contribution in [2.45, 2.75) is 70.6 Å². The zero-order chi connectivity index (χ0) is 19.0. The molecule has 0 aromatic heterocycles. The molecule has 0 bridgehead atoms. The lowest BCUT2D eigenvalue weighted by atomic mass is 10.2. The summed E-state index contributed by atoms with van der Waals surface area (Å²) in [5, 5.41) is 0. The molecule has 1 aliphatic heterocycles. The van der Waals surface area contributed by atoms with Gasteiger partial charge < -0.3 is 14.2 Å². The molecule has 0 aliphatic carbocycles. The van der Waals surface area contributed by atoms with Crippen molar-refractivity contribution >= 4 is 40.6 Å². The topological polar surface area (TPSA) is 82.1 Å². The van der Waals surface area contributed by atoms with Crippen LogP contribution in [-0.4, -0.2) is 58.8 Å². The van der Waals surface area contributed by atoms with Crippen molar-refractivity contribution in [3.8, 4) is 0 Å². The first-order valence-electron chi connectivity index (χ1n) is 8.52. The summed E-state index contributed by atoms with van der Waals surface area (Å²) in [6.07, 6.45) is 2.59. The molecule has 0 spiro atoms. The second kappa shape index (κ2) is 10.3. The maximum absolute atomic E-state index is 12.5. The fraction of sp³-hybridized carbons (Fsp3) is 0.824. The average molecular weight is 469 g/mol. The number of hydrogen-bond acceptors (Lipinski definition) is 6. The third-order valence-corrected chi connectivity index (χ3v) is 4.44. The Morgan fingerprint density at radius 1 is 1.20 bits per heavy atom. The second-order valence-electron chi connectivity index (χ2n) is 6.93. The molecule has 144 valence electrons. The number of unbranched alkanes of at least 4 members (excludes halogenated alkanes) is 3. The van der Waals surface area contributed by atoms with E-state index in [-0.39, 0.29) is 6.42 Å². The fourth-order valence-electron chi connectivity index (χ4n) is 2.50. The zero-order valence-corrected chi connectivity index (χ0v) is 17.5. The van der Waals surface area contributed by atoms with E-state index in [1.54, 1.807) is 20.8 Å². The summed E-state index contributed by atoms with van der Waals surface area (Å²) < 4.78 is 16.7. The Balaban J connectivity index is 2.67. The van der Waals surface area contributed by atoms with Gasteiger partial charge in [0.05, 0.1) is 7.11 Å². The Bertz CT molecular complexity index is 476. The monoisotopic (exact) mass is 469 g/mol. The van der Waals surface area contributed by atoms with Gasteiger partial charge in [-0.05, 0) is 38.0 Å². The number of hydrogen-bond donors (Lipinski definition) is 0. The lowest BCUT2D eigenvalue weighted by molar-refractivity contribution is -0.149. The number of rotatable bonds is 8. The van der Waals surface area contributed by atoms with E-state index in [2.05, 4.69) is 22.6 Å². The Morgan fingerprint density at radius 2 is 1.84 bits per heavy atom. The van der Waals surface area contributed by atoms with Crippen molar-refractivity contribution in [2.24, 2.45) is 0 Å². The van der Waals surface area contributed by atoms with Gasteiger partial charge in [-0.15, -0.1) is 0 Å².